The summed E-state index contributed by atoms with van der Waals surface area (Å²) >= 11 is 0. The fourth-order valence-electron chi connectivity index (χ4n) is 0.291. The molecule has 0 amide bonds. The predicted molar refractivity (Wildman–Crippen MR) is 32.5 cm³/mol. The van der Waals surface area contributed by atoms with Crippen molar-refractivity contribution in [2.75, 3.05) is 14.2 Å². The second-order valence-corrected chi connectivity index (χ2v) is 3.08. The summed E-state index contributed by atoms with van der Waals surface area (Å²) in [5, 5.41) is 0. The van der Waals surface area contributed by atoms with E-state index in [0.29, 0.717) is 0 Å². The minimum absolute atomic E-state index is 0.727. The molecule has 0 fully saturated rings. The Hall–Kier alpha value is -0.670. The first kappa shape index (κ1) is 9.33. The van der Waals surface area contributed by atoms with Crippen molar-refractivity contribution in [2.24, 2.45) is 0 Å². The molecule has 0 aliphatic carbocycles. The van der Waals surface area contributed by atoms with Gasteiger partial charge >= 0.3 is 13.2 Å². The molecule has 0 aromatic rings. The van der Waals surface area contributed by atoms with E-state index < -0.39 is 13.2 Å². The summed E-state index contributed by atoms with van der Waals surface area (Å²) in [6, 6.07) is 0. The summed E-state index contributed by atoms with van der Waals surface area (Å²) in [5.74, 6) is 0. The molecule has 0 aliphatic heterocycles. The number of hydrogen-bond acceptors (Lipinski definition) is 3. The van der Waals surface area contributed by atoms with E-state index in [1.54, 1.807) is 0 Å². The highest BCUT2D eigenvalue weighted by Crippen LogP contribution is 2.41. The lowest BCUT2D eigenvalue weighted by Gasteiger charge is -1.99. The number of ether oxygens (including phenoxy) is 1. The lowest BCUT2D eigenvalue weighted by atomic mass is 11.4. The van der Waals surface area contributed by atoms with Crippen LogP contribution in [-0.4, -0.2) is 29.5 Å². The summed E-state index contributed by atoms with van der Waals surface area (Å²) < 4.78 is 19.0. The van der Waals surface area contributed by atoms with E-state index in [1.165, 1.54) is 0 Å². The van der Waals surface area contributed by atoms with Crippen LogP contribution in [0.5, 0.6) is 0 Å². The highest BCUT2D eigenvalue weighted by atomic mass is 31.2. The number of nitrogens with zero attached hydrogens (tertiary/aromatic N) is 2. The highest BCUT2D eigenvalue weighted by molar-refractivity contribution is 7.70. The molecule has 0 heterocycles. The molecule has 10 heavy (non-hydrogen) atoms. The van der Waals surface area contributed by atoms with E-state index in [9.17, 15) is 4.57 Å². The van der Waals surface area contributed by atoms with Crippen LogP contribution in [0.4, 0.5) is 0 Å². The van der Waals surface area contributed by atoms with Crippen molar-refractivity contribution >= 4 is 13.2 Å². The first-order valence-electron chi connectivity index (χ1n) is 2.23. The van der Waals surface area contributed by atoms with Crippen molar-refractivity contribution in [2.45, 2.75) is 0 Å². The van der Waals surface area contributed by atoms with Gasteiger partial charge < -0.3 is 19.7 Å². The lowest BCUT2D eigenvalue weighted by molar-refractivity contribution is -0.0316. The van der Waals surface area contributed by atoms with Crippen LogP contribution in [0.25, 0.3) is 5.53 Å². The minimum Gasteiger partial charge on any atom is -0.430 e. The molecule has 0 saturated heterocycles. The zero-order chi connectivity index (χ0) is 8.20. The molecule has 1 atom stereocenters. The molecule has 0 bridgehead atoms. The number of hydrogen-bond donors (Lipinski definition) is 1. The summed E-state index contributed by atoms with van der Waals surface area (Å²) in [4.78, 5) is 11.1. The molecule has 0 radical (unpaired) electrons. The van der Waals surface area contributed by atoms with Crippen molar-refractivity contribution in [1.29, 1.82) is 0 Å². The largest absolute Gasteiger partial charge is 0.560 e. The molecule has 7 heteroatoms. The lowest BCUT2D eigenvalue weighted by Crippen LogP contribution is -2.04. The maximum absolute atomic E-state index is 10.7. The molecular weight excluding hydrogens is 159 g/mol. The van der Waals surface area contributed by atoms with Gasteiger partial charge in [-0.1, -0.05) is 0 Å². The van der Waals surface area contributed by atoms with E-state index >= 15 is 0 Å². The van der Waals surface area contributed by atoms with Gasteiger partial charge in [-0.15, -0.1) is 4.79 Å². The Balaban J connectivity index is 4.62. The van der Waals surface area contributed by atoms with Crippen LogP contribution >= 0.6 is 7.60 Å². The Morgan fingerprint density at radius 1 is 1.70 bits per heavy atom. The average molecular weight is 166 g/mol. The molecule has 0 saturated carbocycles. The van der Waals surface area contributed by atoms with Gasteiger partial charge in [0.25, 0.3) is 0 Å². The molecule has 1 N–H and O–H groups in total. The van der Waals surface area contributed by atoms with E-state index in [2.05, 4.69) is 14.1 Å². The molecule has 0 rings (SSSR count). The van der Waals surface area contributed by atoms with Gasteiger partial charge in [0.15, 0.2) is 0 Å². The van der Waals surface area contributed by atoms with E-state index in [0.717, 1.165) is 14.2 Å². The zero-order valence-electron chi connectivity index (χ0n) is 5.51. The molecule has 6 nitrogen and oxygen atoms in total. The Bertz CT molecular complexity index is 205. The SMILES string of the molecule is COC(=[N+]=[N-])P(=O)(O)OC. The Labute approximate surface area is 57.5 Å². The van der Waals surface area contributed by atoms with Crippen molar-refractivity contribution in [3.05, 3.63) is 5.53 Å². The van der Waals surface area contributed by atoms with Gasteiger partial charge in [0.1, 0.15) is 0 Å². The normalized spacial score (nSPS) is 15.1. The molecule has 0 aromatic heterocycles. The smallest absolute Gasteiger partial charge is 0.430 e. The first-order chi connectivity index (χ1) is 4.58. The molecular formula is C3H7N2O4P. The maximum atomic E-state index is 10.7. The highest BCUT2D eigenvalue weighted by Gasteiger charge is 2.36. The average Bonchev–Trinajstić information content (AvgIpc) is 1.90. The van der Waals surface area contributed by atoms with Crippen molar-refractivity contribution in [1.82, 2.24) is 0 Å². The summed E-state index contributed by atoms with van der Waals surface area (Å²) in [5.41, 5.74) is 7.32. The molecule has 0 spiro atoms. The minimum atomic E-state index is -4.01. The van der Waals surface area contributed by atoms with Crippen molar-refractivity contribution in [3.63, 3.8) is 0 Å². The number of methoxy groups -OCH3 is 1. The van der Waals surface area contributed by atoms with E-state index in [4.69, 9.17) is 10.4 Å². The Morgan fingerprint density at radius 3 is 2.30 bits per heavy atom. The van der Waals surface area contributed by atoms with Gasteiger partial charge in [-0.3, -0.25) is 0 Å². The summed E-state index contributed by atoms with van der Waals surface area (Å²) in [6.45, 7) is 0. The standard InChI is InChI=1S/C3H7N2O4P/c1-8-3(5-4)10(6,7)9-2/h1-2H3,(H,6,7). The third-order valence-corrected chi connectivity index (χ3v) is 2.01. The van der Waals surface area contributed by atoms with E-state index in [1.807, 2.05) is 0 Å². The van der Waals surface area contributed by atoms with Crippen LogP contribution in [0, 0.1) is 0 Å². The molecule has 0 aromatic carbocycles. The first-order valence-corrected chi connectivity index (χ1v) is 3.81. The quantitative estimate of drug-likeness (QED) is 0.206. The van der Waals surface area contributed by atoms with Crippen LogP contribution in [0.3, 0.4) is 0 Å². The molecule has 58 valence electrons. The Kier molecular flexibility index (Phi) is 3.25. The van der Waals surface area contributed by atoms with Gasteiger partial charge in [0.2, 0.25) is 0 Å². The van der Waals surface area contributed by atoms with Crippen LogP contribution in [-0.2, 0) is 13.8 Å². The fourth-order valence-corrected chi connectivity index (χ4v) is 0.791. The Morgan fingerprint density at radius 2 is 2.20 bits per heavy atom. The third kappa shape index (κ3) is 1.93. The molecule has 0 aliphatic rings. The zero-order valence-corrected chi connectivity index (χ0v) is 6.41. The summed E-state index contributed by atoms with van der Waals surface area (Å²) in [6.07, 6.45) is 0. The second kappa shape index (κ2) is 3.49. The number of rotatable bonds is 2. The van der Waals surface area contributed by atoms with Gasteiger partial charge in [0.05, 0.1) is 7.11 Å². The monoisotopic (exact) mass is 166 g/mol. The van der Waals surface area contributed by atoms with Gasteiger partial charge in [-0.05, 0) is 0 Å². The third-order valence-electron chi connectivity index (χ3n) is 0.757. The van der Waals surface area contributed by atoms with Crippen LogP contribution < -0.4 is 0 Å². The predicted octanol–water partition coefficient (Wildman–Crippen LogP) is 0.0504. The maximum Gasteiger partial charge on any atom is 0.560 e. The van der Waals surface area contributed by atoms with Crippen molar-refractivity contribution in [3.8, 4) is 0 Å². The second-order valence-electron chi connectivity index (χ2n) is 1.29. The topological polar surface area (TPSA) is 92.2 Å². The molecule has 1 unspecified atom stereocenters. The fraction of sp³-hybridized carbons (Fsp3) is 0.667. The van der Waals surface area contributed by atoms with Crippen molar-refractivity contribution < 1.29 is 23.5 Å². The van der Waals surface area contributed by atoms with E-state index in [-0.39, 0.29) is 0 Å². The van der Waals surface area contributed by atoms with Crippen LogP contribution in [0.2, 0.25) is 0 Å². The van der Waals surface area contributed by atoms with Crippen LogP contribution in [0.1, 0.15) is 0 Å². The summed E-state index contributed by atoms with van der Waals surface area (Å²) in [7, 11) is -1.91. The van der Waals surface area contributed by atoms with Gasteiger partial charge in [-0.2, -0.15) is 0 Å². The van der Waals surface area contributed by atoms with Gasteiger partial charge in [-0.25, -0.2) is 4.57 Å². The van der Waals surface area contributed by atoms with Crippen LogP contribution in [0.15, 0.2) is 0 Å². The van der Waals surface area contributed by atoms with Gasteiger partial charge in [0, 0.05) is 7.11 Å².